The predicted molar refractivity (Wildman–Crippen MR) is 105 cm³/mol. The van der Waals surface area contributed by atoms with Gasteiger partial charge in [0.2, 0.25) is 0 Å². The highest BCUT2D eigenvalue weighted by Crippen LogP contribution is 2.52. The molecule has 0 radical (unpaired) electrons. The summed E-state index contributed by atoms with van der Waals surface area (Å²) in [6.45, 7) is 8.05. The molecule has 6 heteroatoms. The molecule has 2 saturated carbocycles. The molecule has 5 nitrogen and oxygen atoms in total. The van der Waals surface area contributed by atoms with Crippen LogP contribution in [0.1, 0.15) is 52.9 Å². The van der Waals surface area contributed by atoms with Crippen LogP contribution >= 0.6 is 11.8 Å². The zero-order valence-corrected chi connectivity index (χ0v) is 17.4. The van der Waals surface area contributed by atoms with E-state index in [2.05, 4.69) is 4.99 Å². The van der Waals surface area contributed by atoms with Crippen LogP contribution in [0.25, 0.3) is 0 Å². The van der Waals surface area contributed by atoms with E-state index in [1.165, 1.54) is 25.7 Å². The highest BCUT2D eigenvalue weighted by atomic mass is 32.2. The van der Waals surface area contributed by atoms with Crippen LogP contribution in [0.3, 0.4) is 0 Å². The molecule has 0 N–H and O–H groups in total. The van der Waals surface area contributed by atoms with Crippen molar-refractivity contribution < 1.29 is 19.0 Å². The summed E-state index contributed by atoms with van der Waals surface area (Å²) in [5.74, 6) is 2.47. The Morgan fingerprint density at radius 1 is 1.19 bits per heavy atom. The number of fused-ring (bicyclic) bond motifs is 2. The molecule has 2 bridgehead atoms. The van der Waals surface area contributed by atoms with Crippen LogP contribution in [0.4, 0.5) is 0 Å². The van der Waals surface area contributed by atoms with Crippen molar-refractivity contribution in [2.45, 2.75) is 63.2 Å². The van der Waals surface area contributed by atoms with Crippen LogP contribution in [0.2, 0.25) is 0 Å². The number of carbonyl (C=O) groups is 1. The molecule has 2 aliphatic carbocycles. The van der Waals surface area contributed by atoms with Crippen molar-refractivity contribution in [3.63, 3.8) is 0 Å². The number of amides is 1. The minimum atomic E-state index is -0.660. The lowest BCUT2D eigenvalue weighted by atomic mass is 9.87. The van der Waals surface area contributed by atoms with Gasteiger partial charge in [-0.2, -0.15) is 0 Å². The van der Waals surface area contributed by atoms with Gasteiger partial charge in [-0.1, -0.05) is 18.2 Å². The zero-order valence-electron chi connectivity index (χ0n) is 16.6. The fourth-order valence-electron chi connectivity index (χ4n) is 4.58. The molecule has 0 saturated heterocycles. The van der Waals surface area contributed by atoms with Gasteiger partial charge in [-0.15, -0.1) is 0 Å². The Kier molecular flexibility index (Phi) is 6.48. The summed E-state index contributed by atoms with van der Waals surface area (Å²) in [5.41, 5.74) is -0.598. The third-order valence-corrected chi connectivity index (χ3v) is 8.12. The van der Waals surface area contributed by atoms with E-state index in [1.54, 1.807) is 18.9 Å². The summed E-state index contributed by atoms with van der Waals surface area (Å²) in [7, 11) is 1.65. The molecule has 4 atom stereocenters. The summed E-state index contributed by atoms with van der Waals surface area (Å²) in [4.78, 5) is 17.2. The van der Waals surface area contributed by atoms with E-state index in [1.807, 2.05) is 20.8 Å². The number of thioether (sulfide) groups is 1. The molecule has 1 aliphatic heterocycles. The summed E-state index contributed by atoms with van der Waals surface area (Å²) in [5, 5.41) is 1.02. The molecule has 1 heterocycles. The SMILES string of the molecule is COCCOCCOC(C)(C)C1(C)SC(C[C@H]2C[C@@H]3CC[C@H]2C3)=NC1=O. The van der Waals surface area contributed by atoms with Crippen molar-refractivity contribution >= 4 is 22.7 Å². The fourth-order valence-corrected chi connectivity index (χ4v) is 5.91. The summed E-state index contributed by atoms with van der Waals surface area (Å²) < 4.78 is 15.8. The fraction of sp³-hybridized carbons (Fsp3) is 0.900. The van der Waals surface area contributed by atoms with Gasteiger partial charge in [-0.25, -0.2) is 4.99 Å². The van der Waals surface area contributed by atoms with Gasteiger partial charge in [0.25, 0.3) is 5.91 Å². The molecular formula is C20H33NO4S. The lowest BCUT2D eigenvalue weighted by Gasteiger charge is -2.38. The number of aliphatic imine (C=N–C) groups is 1. The molecule has 148 valence electrons. The quantitative estimate of drug-likeness (QED) is 0.538. The van der Waals surface area contributed by atoms with Gasteiger partial charge >= 0.3 is 0 Å². The highest BCUT2D eigenvalue weighted by Gasteiger charge is 2.53. The molecule has 2 fully saturated rings. The number of carbonyl (C=O) groups excluding carboxylic acids is 1. The van der Waals surface area contributed by atoms with Crippen molar-refractivity contribution in [2.24, 2.45) is 22.7 Å². The predicted octanol–water partition coefficient (Wildman–Crippen LogP) is 3.70. The number of hydrogen-bond acceptors (Lipinski definition) is 5. The lowest BCUT2D eigenvalue weighted by Crippen LogP contribution is -2.51. The van der Waals surface area contributed by atoms with Crippen LogP contribution < -0.4 is 0 Å². The summed E-state index contributed by atoms with van der Waals surface area (Å²) >= 11 is 1.63. The molecule has 1 amide bonds. The van der Waals surface area contributed by atoms with E-state index in [0.29, 0.717) is 26.4 Å². The maximum absolute atomic E-state index is 12.7. The molecule has 1 unspecified atom stereocenters. The Bertz CT molecular complexity index is 550. The third-order valence-electron chi connectivity index (χ3n) is 6.55. The summed E-state index contributed by atoms with van der Waals surface area (Å²) in [6, 6.07) is 0. The van der Waals surface area contributed by atoms with Crippen LogP contribution in [0.5, 0.6) is 0 Å². The molecule has 0 aromatic rings. The number of rotatable bonds is 10. The Balaban J connectivity index is 1.50. The molecule has 3 aliphatic rings. The Morgan fingerprint density at radius 2 is 1.96 bits per heavy atom. The zero-order chi connectivity index (χ0) is 18.8. The molecule has 3 rings (SSSR count). The second-order valence-electron chi connectivity index (χ2n) is 8.55. The number of ether oxygens (including phenoxy) is 3. The van der Waals surface area contributed by atoms with E-state index in [0.717, 1.165) is 29.2 Å². The van der Waals surface area contributed by atoms with E-state index in [-0.39, 0.29) is 5.91 Å². The van der Waals surface area contributed by atoms with Crippen molar-refractivity contribution in [3.8, 4) is 0 Å². The maximum Gasteiger partial charge on any atom is 0.265 e. The van der Waals surface area contributed by atoms with E-state index in [9.17, 15) is 4.79 Å². The Morgan fingerprint density at radius 3 is 2.62 bits per heavy atom. The summed E-state index contributed by atoms with van der Waals surface area (Å²) in [6.07, 6.45) is 6.48. The van der Waals surface area contributed by atoms with Gasteiger partial charge in [-0.3, -0.25) is 4.79 Å². The van der Waals surface area contributed by atoms with Crippen LogP contribution in [0.15, 0.2) is 4.99 Å². The van der Waals surface area contributed by atoms with Crippen molar-refractivity contribution in [2.75, 3.05) is 33.5 Å². The first kappa shape index (κ1) is 20.3. The number of nitrogens with zero attached hydrogens (tertiary/aromatic N) is 1. The minimum Gasteiger partial charge on any atom is -0.382 e. The first-order valence-electron chi connectivity index (χ1n) is 9.87. The molecular weight excluding hydrogens is 350 g/mol. The largest absolute Gasteiger partial charge is 0.382 e. The van der Waals surface area contributed by atoms with Gasteiger partial charge in [-0.05, 0) is 64.2 Å². The molecule has 0 aromatic carbocycles. The normalized spacial score (nSPS) is 33.9. The second-order valence-corrected chi connectivity index (χ2v) is 10.0. The van der Waals surface area contributed by atoms with Crippen molar-refractivity contribution in [1.29, 1.82) is 0 Å². The van der Waals surface area contributed by atoms with Gasteiger partial charge in [0, 0.05) is 7.11 Å². The standard InChI is InChI=1S/C20H33NO4S/c1-19(2,25-10-9-24-8-7-23-4)20(3)18(22)21-17(26-20)13-16-12-14-5-6-15(16)11-14/h14-16H,5-13H2,1-4H3/t14-,15+,16-,20?/m1/s1. The van der Waals surface area contributed by atoms with Gasteiger partial charge in [0.1, 0.15) is 4.75 Å². The lowest BCUT2D eigenvalue weighted by molar-refractivity contribution is -0.130. The number of methoxy groups -OCH3 is 1. The Hall–Kier alpha value is -0.430. The number of hydrogen-bond donors (Lipinski definition) is 0. The second kappa shape index (κ2) is 8.29. The van der Waals surface area contributed by atoms with Gasteiger partial charge in [0.05, 0.1) is 37.1 Å². The van der Waals surface area contributed by atoms with Crippen molar-refractivity contribution in [3.05, 3.63) is 0 Å². The topological polar surface area (TPSA) is 57.1 Å². The molecule has 26 heavy (non-hydrogen) atoms. The van der Waals surface area contributed by atoms with Gasteiger partial charge in [0.15, 0.2) is 0 Å². The first-order valence-corrected chi connectivity index (χ1v) is 10.7. The average molecular weight is 384 g/mol. The monoisotopic (exact) mass is 383 g/mol. The highest BCUT2D eigenvalue weighted by molar-refractivity contribution is 8.16. The molecule has 0 spiro atoms. The average Bonchev–Trinajstić information content (AvgIpc) is 3.27. The van der Waals surface area contributed by atoms with Crippen molar-refractivity contribution in [1.82, 2.24) is 0 Å². The van der Waals surface area contributed by atoms with E-state index < -0.39 is 10.3 Å². The van der Waals surface area contributed by atoms with E-state index in [4.69, 9.17) is 14.2 Å². The van der Waals surface area contributed by atoms with Crippen LogP contribution in [-0.2, 0) is 19.0 Å². The minimum absolute atomic E-state index is 0.0500. The third kappa shape index (κ3) is 4.18. The smallest absolute Gasteiger partial charge is 0.265 e. The van der Waals surface area contributed by atoms with Crippen LogP contribution in [0, 0.1) is 17.8 Å². The Labute approximate surface area is 161 Å². The molecule has 0 aromatic heterocycles. The van der Waals surface area contributed by atoms with Gasteiger partial charge < -0.3 is 14.2 Å². The van der Waals surface area contributed by atoms with E-state index >= 15 is 0 Å². The maximum atomic E-state index is 12.7. The van der Waals surface area contributed by atoms with Crippen LogP contribution in [-0.4, -0.2) is 54.8 Å². The first-order chi connectivity index (χ1) is 12.4.